The fourth-order valence-electron chi connectivity index (χ4n) is 2.68. The van der Waals surface area contributed by atoms with E-state index in [9.17, 15) is 10.1 Å². The van der Waals surface area contributed by atoms with E-state index in [-0.39, 0.29) is 5.91 Å². The summed E-state index contributed by atoms with van der Waals surface area (Å²) < 4.78 is 0. The zero-order valence-electron chi connectivity index (χ0n) is 11.7. The highest BCUT2D eigenvalue weighted by molar-refractivity contribution is 7.16. The first-order valence-corrected chi connectivity index (χ1v) is 7.69. The van der Waals surface area contributed by atoms with Crippen LogP contribution in [0.25, 0.3) is 0 Å². The molecule has 2 N–H and O–H groups in total. The first-order chi connectivity index (χ1) is 10.2. The van der Waals surface area contributed by atoms with Gasteiger partial charge in [0.25, 0.3) is 5.91 Å². The Balaban J connectivity index is 1.91. The molecule has 2 aromatic rings. The van der Waals surface area contributed by atoms with Crippen LogP contribution < -0.4 is 10.6 Å². The lowest BCUT2D eigenvalue weighted by Crippen LogP contribution is -2.13. The third kappa shape index (κ3) is 2.39. The number of nitrogens with zero attached hydrogens (tertiary/aromatic N) is 1. The lowest BCUT2D eigenvalue weighted by molar-refractivity contribution is 0.102. The maximum absolute atomic E-state index is 12.4. The molecule has 21 heavy (non-hydrogen) atoms. The van der Waals surface area contributed by atoms with Gasteiger partial charge in [-0.25, -0.2) is 0 Å². The standard InChI is InChI=1S/C16H15N3OS/c1-18-13-7-3-2-5-11(13)15(20)19-16-12(9-17)10-6-4-8-14(10)21-16/h2-3,5,7,18H,4,6,8H2,1H3,(H,19,20). The summed E-state index contributed by atoms with van der Waals surface area (Å²) in [4.78, 5) is 13.7. The second kappa shape index (κ2) is 5.58. The summed E-state index contributed by atoms with van der Waals surface area (Å²) >= 11 is 1.53. The van der Waals surface area contributed by atoms with Gasteiger partial charge in [0.1, 0.15) is 11.1 Å². The number of para-hydroxylation sites is 1. The Hall–Kier alpha value is -2.32. The van der Waals surface area contributed by atoms with Gasteiger partial charge < -0.3 is 10.6 Å². The number of hydrogen-bond acceptors (Lipinski definition) is 4. The van der Waals surface area contributed by atoms with Gasteiger partial charge in [0, 0.05) is 17.6 Å². The van der Waals surface area contributed by atoms with E-state index in [4.69, 9.17) is 0 Å². The fourth-order valence-corrected chi connectivity index (χ4v) is 3.91. The summed E-state index contributed by atoms with van der Waals surface area (Å²) in [6, 6.07) is 9.58. The first-order valence-electron chi connectivity index (χ1n) is 6.87. The minimum atomic E-state index is -0.184. The average molecular weight is 297 g/mol. The van der Waals surface area contributed by atoms with Crippen LogP contribution in [0.2, 0.25) is 0 Å². The minimum absolute atomic E-state index is 0.184. The normalized spacial score (nSPS) is 12.6. The minimum Gasteiger partial charge on any atom is -0.387 e. The van der Waals surface area contributed by atoms with E-state index in [1.165, 1.54) is 16.2 Å². The van der Waals surface area contributed by atoms with Crippen LogP contribution in [0.1, 0.15) is 32.8 Å². The molecule has 0 spiro atoms. The summed E-state index contributed by atoms with van der Waals surface area (Å²) in [5, 5.41) is 15.9. The molecule has 0 radical (unpaired) electrons. The van der Waals surface area contributed by atoms with Crippen molar-refractivity contribution < 1.29 is 4.79 Å². The number of thiophene rings is 1. The molecule has 0 fully saturated rings. The quantitative estimate of drug-likeness (QED) is 0.912. The monoisotopic (exact) mass is 297 g/mol. The van der Waals surface area contributed by atoms with Crippen LogP contribution in [-0.4, -0.2) is 13.0 Å². The van der Waals surface area contributed by atoms with E-state index in [1.807, 2.05) is 18.2 Å². The molecule has 1 amide bonds. The van der Waals surface area contributed by atoms with Crippen molar-refractivity contribution >= 4 is 27.9 Å². The van der Waals surface area contributed by atoms with Gasteiger partial charge >= 0.3 is 0 Å². The van der Waals surface area contributed by atoms with Crippen LogP contribution in [0.3, 0.4) is 0 Å². The molecule has 3 rings (SSSR count). The van der Waals surface area contributed by atoms with Gasteiger partial charge in [-0.15, -0.1) is 11.3 Å². The number of hydrogen-bond donors (Lipinski definition) is 2. The van der Waals surface area contributed by atoms with E-state index >= 15 is 0 Å². The molecular weight excluding hydrogens is 282 g/mol. The molecule has 0 aliphatic heterocycles. The molecule has 5 heteroatoms. The first kappa shape index (κ1) is 13.7. The number of amides is 1. The van der Waals surface area contributed by atoms with E-state index in [1.54, 1.807) is 13.1 Å². The van der Waals surface area contributed by atoms with Crippen molar-refractivity contribution in [3.8, 4) is 6.07 Å². The fraction of sp³-hybridized carbons (Fsp3) is 0.250. The predicted molar refractivity (Wildman–Crippen MR) is 85.0 cm³/mol. The van der Waals surface area contributed by atoms with Crippen LogP contribution in [0.4, 0.5) is 10.7 Å². The summed E-state index contributed by atoms with van der Waals surface area (Å²) in [6.07, 6.45) is 3.06. The van der Waals surface area contributed by atoms with Gasteiger partial charge in [0.2, 0.25) is 0 Å². The molecule has 106 valence electrons. The van der Waals surface area contributed by atoms with Gasteiger partial charge in [0.05, 0.1) is 11.1 Å². The maximum atomic E-state index is 12.4. The van der Waals surface area contributed by atoms with Gasteiger partial charge in [-0.3, -0.25) is 4.79 Å². The molecule has 1 aromatic carbocycles. The van der Waals surface area contributed by atoms with Crippen molar-refractivity contribution in [3.05, 3.63) is 45.8 Å². The molecule has 1 heterocycles. The Morgan fingerprint density at radius 3 is 2.90 bits per heavy atom. The molecular formula is C16H15N3OS. The summed E-state index contributed by atoms with van der Waals surface area (Å²) in [7, 11) is 1.78. The van der Waals surface area contributed by atoms with Gasteiger partial charge in [-0.05, 0) is 37.0 Å². The van der Waals surface area contributed by atoms with Crippen LogP contribution in [0, 0.1) is 11.3 Å². The van der Waals surface area contributed by atoms with Crippen molar-refractivity contribution in [2.24, 2.45) is 0 Å². The average Bonchev–Trinajstić information content (AvgIpc) is 3.07. The summed E-state index contributed by atoms with van der Waals surface area (Å²) in [5.41, 5.74) is 3.12. The lowest BCUT2D eigenvalue weighted by atomic mass is 10.1. The van der Waals surface area contributed by atoms with E-state index < -0.39 is 0 Å². The van der Waals surface area contributed by atoms with Crippen LogP contribution in [-0.2, 0) is 12.8 Å². The maximum Gasteiger partial charge on any atom is 0.258 e. The molecule has 0 bridgehead atoms. The molecule has 0 saturated heterocycles. The molecule has 0 atom stereocenters. The zero-order valence-corrected chi connectivity index (χ0v) is 12.5. The number of nitrogens with one attached hydrogen (secondary N) is 2. The van der Waals surface area contributed by atoms with Crippen molar-refractivity contribution in [2.75, 3.05) is 17.7 Å². The second-order valence-electron chi connectivity index (χ2n) is 4.92. The second-order valence-corrected chi connectivity index (χ2v) is 6.03. The number of nitriles is 1. The Labute approximate surface area is 127 Å². The Kier molecular flexibility index (Phi) is 3.63. The molecule has 0 unspecified atom stereocenters. The number of anilines is 2. The zero-order chi connectivity index (χ0) is 14.8. The molecule has 1 aliphatic carbocycles. The van der Waals surface area contributed by atoms with Gasteiger partial charge in [-0.2, -0.15) is 5.26 Å². The van der Waals surface area contributed by atoms with Crippen LogP contribution >= 0.6 is 11.3 Å². The number of carbonyl (C=O) groups is 1. The summed E-state index contributed by atoms with van der Waals surface area (Å²) in [6.45, 7) is 0. The molecule has 1 aliphatic rings. The summed E-state index contributed by atoms with van der Waals surface area (Å²) in [5.74, 6) is -0.184. The van der Waals surface area contributed by atoms with Crippen molar-refractivity contribution in [3.63, 3.8) is 0 Å². The molecule has 4 nitrogen and oxygen atoms in total. The number of benzene rings is 1. The van der Waals surface area contributed by atoms with E-state index in [2.05, 4.69) is 16.7 Å². The predicted octanol–water partition coefficient (Wildman–Crippen LogP) is 3.40. The van der Waals surface area contributed by atoms with Crippen molar-refractivity contribution in [2.45, 2.75) is 19.3 Å². The molecule has 1 aromatic heterocycles. The highest BCUT2D eigenvalue weighted by atomic mass is 32.1. The molecule has 0 saturated carbocycles. The number of carbonyl (C=O) groups excluding carboxylic acids is 1. The third-order valence-corrected chi connectivity index (χ3v) is 4.91. The van der Waals surface area contributed by atoms with Gasteiger partial charge in [0.15, 0.2) is 0 Å². The number of aryl methyl sites for hydroxylation is 1. The van der Waals surface area contributed by atoms with E-state index in [0.29, 0.717) is 16.1 Å². The van der Waals surface area contributed by atoms with E-state index in [0.717, 1.165) is 30.5 Å². The van der Waals surface area contributed by atoms with Crippen LogP contribution in [0.5, 0.6) is 0 Å². The Bertz CT molecular complexity index is 742. The van der Waals surface area contributed by atoms with Crippen molar-refractivity contribution in [1.82, 2.24) is 0 Å². The number of fused-ring (bicyclic) bond motifs is 1. The highest BCUT2D eigenvalue weighted by Gasteiger charge is 2.23. The van der Waals surface area contributed by atoms with Crippen LogP contribution in [0.15, 0.2) is 24.3 Å². The van der Waals surface area contributed by atoms with Crippen molar-refractivity contribution in [1.29, 1.82) is 5.26 Å². The Morgan fingerprint density at radius 1 is 1.33 bits per heavy atom. The Morgan fingerprint density at radius 2 is 2.14 bits per heavy atom. The largest absolute Gasteiger partial charge is 0.387 e. The van der Waals surface area contributed by atoms with Gasteiger partial charge in [-0.1, -0.05) is 12.1 Å². The SMILES string of the molecule is CNc1ccccc1C(=O)Nc1sc2c(c1C#N)CCC2. The smallest absolute Gasteiger partial charge is 0.258 e. The third-order valence-electron chi connectivity index (χ3n) is 3.70. The highest BCUT2D eigenvalue weighted by Crippen LogP contribution is 2.38. The topological polar surface area (TPSA) is 64.9 Å². The lowest BCUT2D eigenvalue weighted by Gasteiger charge is -2.09. The number of rotatable bonds is 3.